The van der Waals surface area contributed by atoms with E-state index in [1.54, 1.807) is 42.5 Å². The molecule has 6 nitrogen and oxygen atoms in total. The van der Waals surface area contributed by atoms with Crippen LogP contribution in [0.4, 0.5) is 5.69 Å². The molecule has 1 unspecified atom stereocenters. The van der Waals surface area contributed by atoms with Gasteiger partial charge in [-0.3, -0.25) is 9.59 Å². The maximum atomic E-state index is 12.3. The second-order valence-corrected chi connectivity index (χ2v) is 7.04. The molecule has 1 N–H and O–H groups in total. The molecule has 1 amide bonds. The molecule has 0 radical (unpaired) electrons. The van der Waals surface area contributed by atoms with Crippen molar-refractivity contribution in [3.05, 3.63) is 53.6 Å². The van der Waals surface area contributed by atoms with Crippen molar-refractivity contribution >= 4 is 35.1 Å². The van der Waals surface area contributed by atoms with E-state index in [1.165, 1.54) is 18.9 Å². The van der Waals surface area contributed by atoms with E-state index in [2.05, 4.69) is 5.32 Å². The minimum atomic E-state index is -0.631. The van der Waals surface area contributed by atoms with Crippen molar-refractivity contribution < 1.29 is 23.9 Å². The molecule has 2 aromatic carbocycles. The summed E-state index contributed by atoms with van der Waals surface area (Å²) in [4.78, 5) is 37.1. The van der Waals surface area contributed by atoms with Crippen LogP contribution in [0.25, 0.3) is 0 Å². The summed E-state index contributed by atoms with van der Waals surface area (Å²) in [5.74, 6) is -0.670. The van der Waals surface area contributed by atoms with E-state index in [0.29, 0.717) is 17.0 Å². The summed E-state index contributed by atoms with van der Waals surface area (Å²) in [6.07, 6.45) is 0. The summed E-state index contributed by atoms with van der Waals surface area (Å²) in [6.45, 7) is 1.42. The van der Waals surface area contributed by atoms with Crippen molar-refractivity contribution in [1.29, 1.82) is 0 Å². The highest BCUT2D eigenvalue weighted by Crippen LogP contribution is 2.36. The summed E-state index contributed by atoms with van der Waals surface area (Å²) < 4.78 is 10.3. The Hall–Kier alpha value is -2.80. The highest BCUT2D eigenvalue weighted by Gasteiger charge is 2.24. The van der Waals surface area contributed by atoms with Crippen LogP contribution in [0.2, 0.25) is 0 Å². The Kier molecular flexibility index (Phi) is 5.27. The SMILES string of the molecule is COc1ccccc1C(=O)COC(=O)c1ccc2c(c1)NC(=O)C(C)S2. The number of nitrogens with one attached hydrogen (secondary N) is 1. The number of hydrogen-bond acceptors (Lipinski definition) is 6. The predicted molar refractivity (Wildman–Crippen MR) is 98.0 cm³/mol. The van der Waals surface area contributed by atoms with Gasteiger partial charge in [0.25, 0.3) is 0 Å². The smallest absolute Gasteiger partial charge is 0.338 e. The Morgan fingerprint density at radius 3 is 2.73 bits per heavy atom. The van der Waals surface area contributed by atoms with E-state index in [0.717, 1.165) is 4.90 Å². The first-order chi connectivity index (χ1) is 12.5. The van der Waals surface area contributed by atoms with Gasteiger partial charge in [-0.1, -0.05) is 12.1 Å². The molecule has 0 aliphatic carbocycles. The van der Waals surface area contributed by atoms with Gasteiger partial charge in [-0.25, -0.2) is 4.79 Å². The van der Waals surface area contributed by atoms with Crippen LogP contribution in [0.1, 0.15) is 27.6 Å². The zero-order chi connectivity index (χ0) is 18.7. The number of rotatable bonds is 5. The highest BCUT2D eigenvalue weighted by molar-refractivity contribution is 8.00. The van der Waals surface area contributed by atoms with Crippen molar-refractivity contribution in [3.63, 3.8) is 0 Å². The summed E-state index contributed by atoms with van der Waals surface area (Å²) in [5.41, 5.74) is 1.20. The van der Waals surface area contributed by atoms with Crippen LogP contribution in [0.5, 0.6) is 5.75 Å². The number of Topliss-reactive ketones (excluding diaryl/α,β-unsaturated/α-hetero) is 1. The lowest BCUT2D eigenvalue weighted by Gasteiger charge is -2.21. The van der Waals surface area contributed by atoms with E-state index in [9.17, 15) is 14.4 Å². The lowest BCUT2D eigenvalue weighted by atomic mass is 10.1. The molecule has 1 aliphatic heterocycles. The van der Waals surface area contributed by atoms with Crippen LogP contribution in [0, 0.1) is 0 Å². The number of carbonyl (C=O) groups is 3. The molecule has 0 saturated heterocycles. The van der Waals surface area contributed by atoms with Gasteiger partial charge in [0, 0.05) is 4.90 Å². The van der Waals surface area contributed by atoms with E-state index >= 15 is 0 Å². The van der Waals surface area contributed by atoms with Crippen LogP contribution in [0.3, 0.4) is 0 Å². The molecule has 26 heavy (non-hydrogen) atoms. The number of benzene rings is 2. The molecule has 0 saturated carbocycles. The van der Waals surface area contributed by atoms with Gasteiger partial charge in [0.1, 0.15) is 5.75 Å². The first kappa shape index (κ1) is 18.0. The minimum absolute atomic E-state index is 0.112. The summed E-state index contributed by atoms with van der Waals surface area (Å²) in [6, 6.07) is 11.7. The van der Waals surface area contributed by atoms with E-state index in [-0.39, 0.29) is 22.5 Å². The van der Waals surface area contributed by atoms with Crippen LogP contribution in [0.15, 0.2) is 47.4 Å². The third-order valence-corrected chi connectivity index (χ3v) is 5.07. The van der Waals surface area contributed by atoms with Crippen LogP contribution in [-0.2, 0) is 9.53 Å². The number of thioether (sulfide) groups is 1. The number of carbonyl (C=O) groups excluding carboxylic acids is 3. The number of methoxy groups -OCH3 is 1. The summed E-state index contributed by atoms with van der Waals surface area (Å²) >= 11 is 1.43. The van der Waals surface area contributed by atoms with E-state index < -0.39 is 12.6 Å². The Labute approximate surface area is 154 Å². The number of hydrogen-bond donors (Lipinski definition) is 1. The molecule has 1 aliphatic rings. The third-order valence-electron chi connectivity index (χ3n) is 3.89. The molecule has 1 atom stereocenters. The first-order valence-corrected chi connectivity index (χ1v) is 8.82. The molecule has 0 fully saturated rings. The quantitative estimate of drug-likeness (QED) is 0.642. The molecule has 0 bridgehead atoms. The molecular weight excluding hydrogens is 354 g/mol. The van der Waals surface area contributed by atoms with Gasteiger partial charge in [0.05, 0.1) is 29.2 Å². The van der Waals surface area contributed by atoms with Crippen molar-refractivity contribution in [3.8, 4) is 5.75 Å². The highest BCUT2D eigenvalue weighted by atomic mass is 32.2. The molecular formula is C19H17NO5S. The molecule has 0 spiro atoms. The Bertz CT molecular complexity index is 880. The maximum absolute atomic E-state index is 12.3. The molecule has 2 aromatic rings. The van der Waals surface area contributed by atoms with Gasteiger partial charge in [-0.2, -0.15) is 0 Å². The molecule has 1 heterocycles. The number of ether oxygens (including phenoxy) is 2. The number of esters is 1. The molecule has 0 aromatic heterocycles. The third kappa shape index (κ3) is 3.72. The van der Waals surface area contributed by atoms with Crippen LogP contribution >= 0.6 is 11.8 Å². The maximum Gasteiger partial charge on any atom is 0.338 e. The average molecular weight is 371 g/mol. The van der Waals surface area contributed by atoms with Gasteiger partial charge in [0.15, 0.2) is 6.61 Å². The van der Waals surface area contributed by atoms with E-state index in [4.69, 9.17) is 9.47 Å². The second-order valence-electron chi connectivity index (χ2n) is 5.66. The van der Waals surface area contributed by atoms with Gasteiger partial charge in [-0.15, -0.1) is 11.8 Å². The summed E-state index contributed by atoms with van der Waals surface area (Å²) in [7, 11) is 1.47. The zero-order valence-electron chi connectivity index (χ0n) is 14.3. The topological polar surface area (TPSA) is 81.7 Å². The Balaban J connectivity index is 1.68. The number of fused-ring (bicyclic) bond motifs is 1. The second kappa shape index (κ2) is 7.61. The van der Waals surface area contributed by atoms with E-state index in [1.807, 2.05) is 6.92 Å². The molecule has 7 heteroatoms. The van der Waals surface area contributed by atoms with Crippen molar-refractivity contribution in [1.82, 2.24) is 0 Å². The predicted octanol–water partition coefficient (Wildman–Crippen LogP) is 3.17. The number of anilines is 1. The molecule has 134 valence electrons. The minimum Gasteiger partial charge on any atom is -0.496 e. The fourth-order valence-electron chi connectivity index (χ4n) is 2.50. The largest absolute Gasteiger partial charge is 0.496 e. The van der Waals surface area contributed by atoms with Gasteiger partial charge >= 0.3 is 5.97 Å². The standard InChI is InChI=1S/C19H17NO5S/c1-11-18(22)20-14-9-12(7-8-17(14)26-11)19(23)25-10-15(21)13-5-3-4-6-16(13)24-2/h3-9,11H,10H2,1-2H3,(H,20,22). The van der Waals surface area contributed by atoms with Crippen LogP contribution in [-0.4, -0.2) is 36.6 Å². The van der Waals surface area contributed by atoms with Crippen molar-refractivity contribution in [2.75, 3.05) is 19.0 Å². The number of para-hydroxylation sites is 1. The first-order valence-electron chi connectivity index (χ1n) is 7.94. The number of amides is 1. The normalized spacial score (nSPS) is 15.6. The average Bonchev–Trinajstić information content (AvgIpc) is 2.66. The Morgan fingerprint density at radius 2 is 1.96 bits per heavy atom. The number of ketones is 1. The van der Waals surface area contributed by atoms with Gasteiger partial charge in [-0.05, 0) is 37.3 Å². The Morgan fingerprint density at radius 1 is 1.19 bits per heavy atom. The summed E-state index contributed by atoms with van der Waals surface area (Å²) in [5, 5.41) is 2.58. The van der Waals surface area contributed by atoms with Gasteiger partial charge in [0.2, 0.25) is 11.7 Å². The zero-order valence-corrected chi connectivity index (χ0v) is 15.1. The lowest BCUT2D eigenvalue weighted by Crippen LogP contribution is -2.26. The monoisotopic (exact) mass is 371 g/mol. The van der Waals surface area contributed by atoms with Crippen molar-refractivity contribution in [2.45, 2.75) is 17.1 Å². The molecule has 3 rings (SSSR count). The van der Waals surface area contributed by atoms with Gasteiger partial charge < -0.3 is 14.8 Å². The van der Waals surface area contributed by atoms with Crippen molar-refractivity contribution in [2.24, 2.45) is 0 Å². The fraction of sp³-hybridized carbons (Fsp3) is 0.211. The lowest BCUT2D eigenvalue weighted by molar-refractivity contribution is -0.115. The fourth-order valence-corrected chi connectivity index (χ4v) is 3.43. The van der Waals surface area contributed by atoms with Crippen LogP contribution < -0.4 is 10.1 Å².